The van der Waals surface area contributed by atoms with Crippen molar-refractivity contribution < 1.29 is 28.9 Å². The number of halogens is 4. The molecule has 0 bridgehead atoms. The van der Waals surface area contributed by atoms with Gasteiger partial charge in [0.05, 0.1) is 16.8 Å². The number of likely N-dealkylation sites (N-methyl/N-ethyl adjacent to an activating group) is 1. The van der Waals surface area contributed by atoms with Crippen LogP contribution < -0.4 is 0 Å². The quantitative estimate of drug-likeness (QED) is 0.636. The highest BCUT2D eigenvalue weighted by atomic mass is 19.4. The third-order valence-corrected chi connectivity index (χ3v) is 8.20. The first-order valence-corrected chi connectivity index (χ1v) is 11.8. The van der Waals surface area contributed by atoms with Gasteiger partial charge in [0.25, 0.3) is 5.91 Å². The molecule has 1 saturated heterocycles. The molecule has 5 nitrogen and oxygen atoms in total. The Morgan fingerprint density at radius 2 is 1.74 bits per heavy atom. The van der Waals surface area contributed by atoms with Crippen LogP contribution in [0.25, 0.3) is 0 Å². The van der Waals surface area contributed by atoms with Gasteiger partial charge in [0.2, 0.25) is 0 Å². The third kappa shape index (κ3) is 3.47. The lowest BCUT2D eigenvalue weighted by atomic mass is 9.73. The monoisotopic (exact) mass is 481 g/mol. The van der Waals surface area contributed by atoms with Crippen LogP contribution in [0.5, 0.6) is 0 Å². The molecule has 2 aromatic rings. The average molecular weight is 482 g/mol. The molecule has 2 fully saturated rings. The van der Waals surface area contributed by atoms with E-state index in [2.05, 4.69) is 0 Å². The summed E-state index contributed by atoms with van der Waals surface area (Å²) < 4.78 is 56.5. The zero-order valence-electron chi connectivity index (χ0n) is 19.4. The number of aliphatic hydroxyl groups is 1. The number of carbonyl (C=O) groups is 1. The van der Waals surface area contributed by atoms with E-state index in [0.29, 0.717) is 44.1 Å². The first-order chi connectivity index (χ1) is 16.0. The van der Waals surface area contributed by atoms with Crippen molar-refractivity contribution in [2.75, 3.05) is 26.7 Å². The van der Waals surface area contributed by atoms with Gasteiger partial charge in [-0.05, 0) is 69.3 Å². The van der Waals surface area contributed by atoms with Crippen molar-refractivity contribution in [3.05, 3.63) is 58.2 Å². The predicted molar refractivity (Wildman–Crippen MR) is 120 cm³/mol. The van der Waals surface area contributed by atoms with Gasteiger partial charge < -0.3 is 14.6 Å². The number of piperidine rings is 1. The molecule has 1 N–H and O–H groups in total. The second-order valence-electron chi connectivity index (χ2n) is 10.0. The summed E-state index contributed by atoms with van der Waals surface area (Å²) in [6, 6.07) is 5.96. The number of aryl methyl sites for hydroxylation is 1. The zero-order chi connectivity index (χ0) is 24.5. The Kier molecular flexibility index (Phi) is 5.37. The van der Waals surface area contributed by atoms with Gasteiger partial charge in [-0.2, -0.15) is 13.2 Å². The highest BCUT2D eigenvalue weighted by molar-refractivity contribution is 5.94. The number of carbonyl (C=O) groups excluding carboxylic acids is 1. The van der Waals surface area contributed by atoms with Crippen LogP contribution >= 0.6 is 0 Å². The average Bonchev–Trinajstić information content (AvgIpc) is 3.12. The summed E-state index contributed by atoms with van der Waals surface area (Å²) in [6.07, 6.45) is -1.50. The largest absolute Gasteiger partial charge is 0.431 e. The molecule has 0 unspecified atom stereocenters. The van der Waals surface area contributed by atoms with Crippen LogP contribution in [0.1, 0.15) is 66.4 Å². The second kappa shape index (κ2) is 7.81. The van der Waals surface area contributed by atoms with Crippen LogP contribution in [-0.2, 0) is 23.9 Å². The molecule has 186 valence electrons. The maximum Gasteiger partial charge on any atom is 0.431 e. The number of hydrogen-bond donors (Lipinski definition) is 1. The first-order valence-electron chi connectivity index (χ1n) is 11.8. The van der Waals surface area contributed by atoms with Crippen molar-refractivity contribution in [3.63, 3.8) is 0 Å². The van der Waals surface area contributed by atoms with Crippen LogP contribution in [0.3, 0.4) is 0 Å². The molecule has 3 heterocycles. The molecule has 1 saturated carbocycles. The summed E-state index contributed by atoms with van der Waals surface area (Å²) in [4.78, 5) is 16.8. The minimum Gasteiger partial charge on any atom is -0.385 e. The minimum atomic E-state index is -4.62. The van der Waals surface area contributed by atoms with Gasteiger partial charge in [-0.15, -0.1) is 0 Å². The van der Waals surface area contributed by atoms with Crippen molar-refractivity contribution in [1.82, 2.24) is 14.4 Å². The number of amides is 1. The lowest BCUT2D eigenvalue weighted by Gasteiger charge is -2.50. The molecule has 3 aliphatic rings. The van der Waals surface area contributed by atoms with Crippen molar-refractivity contribution in [3.8, 4) is 0 Å². The molecule has 0 atom stereocenters. The Morgan fingerprint density at radius 1 is 1.06 bits per heavy atom. The number of nitrogens with zero attached hydrogens (tertiary/aromatic N) is 3. The van der Waals surface area contributed by atoms with E-state index in [-0.39, 0.29) is 19.6 Å². The second-order valence-corrected chi connectivity index (χ2v) is 10.0. The van der Waals surface area contributed by atoms with Crippen molar-refractivity contribution >= 4 is 5.91 Å². The van der Waals surface area contributed by atoms with Crippen LogP contribution in [0, 0.1) is 12.7 Å². The van der Waals surface area contributed by atoms with E-state index in [1.165, 1.54) is 0 Å². The van der Waals surface area contributed by atoms with E-state index in [9.17, 15) is 27.5 Å². The topological polar surface area (TPSA) is 48.7 Å². The van der Waals surface area contributed by atoms with E-state index >= 15 is 0 Å². The highest BCUT2D eigenvalue weighted by Gasteiger charge is 2.49. The Morgan fingerprint density at radius 3 is 2.29 bits per heavy atom. The lowest BCUT2D eigenvalue weighted by molar-refractivity contribution is -0.144. The van der Waals surface area contributed by atoms with Crippen molar-refractivity contribution in [2.24, 2.45) is 0 Å². The number of hydrogen-bond acceptors (Lipinski definition) is 3. The van der Waals surface area contributed by atoms with Crippen molar-refractivity contribution in [2.45, 2.75) is 62.9 Å². The predicted octanol–water partition coefficient (Wildman–Crippen LogP) is 4.65. The van der Waals surface area contributed by atoms with E-state index < -0.39 is 28.8 Å². The Bertz CT molecular complexity index is 1130. The van der Waals surface area contributed by atoms with Gasteiger partial charge in [0.15, 0.2) is 0 Å². The fourth-order valence-electron chi connectivity index (χ4n) is 6.08. The molecule has 1 aliphatic carbocycles. The number of rotatable bonds is 2. The summed E-state index contributed by atoms with van der Waals surface area (Å²) in [5, 5.41) is 10.7. The Labute approximate surface area is 197 Å². The molecule has 2 aliphatic heterocycles. The van der Waals surface area contributed by atoms with Gasteiger partial charge in [-0.1, -0.05) is 6.07 Å². The molecular formula is C25H31F4N3O2. The molecule has 1 aromatic heterocycles. The number of likely N-dealkylation sites (tertiary alicyclic amines) is 1. The summed E-state index contributed by atoms with van der Waals surface area (Å²) >= 11 is 0. The highest BCUT2D eigenvalue weighted by Crippen LogP contribution is 2.46. The maximum atomic E-state index is 14.9. The van der Waals surface area contributed by atoms with Gasteiger partial charge in [0, 0.05) is 39.2 Å². The SMILES string of the molecule is Cc1cc(C(=O)N2CCC3(CC2)c2c(F)cc(C(F)(F)F)n2CCN3C)ccc1C1(O)CCC1.[HH]. The number of benzene rings is 1. The molecule has 9 heteroatoms. The first kappa shape index (κ1) is 23.4. The summed E-state index contributed by atoms with van der Waals surface area (Å²) in [7, 11) is 1.81. The third-order valence-electron chi connectivity index (χ3n) is 8.20. The summed E-state index contributed by atoms with van der Waals surface area (Å²) in [5.41, 5.74) is -0.310. The van der Waals surface area contributed by atoms with E-state index in [0.717, 1.165) is 35.0 Å². The molecule has 1 spiro atoms. The minimum absolute atomic E-state index is 0. The normalized spacial score (nSPS) is 21.9. The molecular weight excluding hydrogens is 450 g/mol. The maximum absolute atomic E-state index is 14.9. The number of fused-ring (bicyclic) bond motifs is 2. The number of aromatic nitrogens is 1. The van der Waals surface area contributed by atoms with Crippen LogP contribution in [0.2, 0.25) is 0 Å². The van der Waals surface area contributed by atoms with Gasteiger partial charge >= 0.3 is 6.18 Å². The van der Waals surface area contributed by atoms with E-state index in [1.807, 2.05) is 24.9 Å². The molecule has 1 aromatic carbocycles. The van der Waals surface area contributed by atoms with Gasteiger partial charge in [-0.25, -0.2) is 4.39 Å². The summed E-state index contributed by atoms with van der Waals surface area (Å²) in [5.74, 6) is -0.991. The lowest BCUT2D eigenvalue weighted by Crippen LogP contribution is -2.57. The standard InChI is InChI=1S/C25H29F4N3O2.H2/c1-16-14-17(4-5-18(16)24(34)6-3-7-24)22(33)31-10-8-23(9-11-31)21-19(26)15-20(25(27,28)29)32(21)13-12-30(23)2;/h4-5,14-15,34H,3,6-13H2,1-2H3;1H. The summed E-state index contributed by atoms with van der Waals surface area (Å²) in [6.45, 7) is 2.98. The fraction of sp³-hybridized carbons (Fsp3) is 0.560. The van der Waals surface area contributed by atoms with Crippen LogP contribution in [0.15, 0.2) is 24.3 Å². The fourth-order valence-corrected chi connectivity index (χ4v) is 6.08. The van der Waals surface area contributed by atoms with E-state index in [1.54, 1.807) is 17.0 Å². The van der Waals surface area contributed by atoms with Gasteiger partial charge in [-0.3, -0.25) is 9.69 Å². The van der Waals surface area contributed by atoms with Crippen LogP contribution in [-0.4, -0.2) is 52.1 Å². The smallest absolute Gasteiger partial charge is 0.385 e. The molecule has 5 rings (SSSR count). The van der Waals surface area contributed by atoms with Crippen LogP contribution in [0.4, 0.5) is 17.6 Å². The van der Waals surface area contributed by atoms with E-state index in [4.69, 9.17) is 0 Å². The molecule has 1 amide bonds. The molecule has 34 heavy (non-hydrogen) atoms. The Balaban J connectivity index is 0.00000289. The Hall–Kier alpha value is -2.39. The molecule has 0 radical (unpaired) electrons. The van der Waals surface area contributed by atoms with Gasteiger partial charge in [0.1, 0.15) is 11.5 Å². The van der Waals surface area contributed by atoms with Crippen molar-refractivity contribution in [1.29, 1.82) is 0 Å². The number of alkyl halides is 3. The zero-order valence-corrected chi connectivity index (χ0v) is 19.4.